The van der Waals surface area contributed by atoms with Crippen molar-refractivity contribution in [1.29, 1.82) is 0 Å². The van der Waals surface area contributed by atoms with E-state index in [1.807, 2.05) is 54.6 Å². The number of esters is 1. The van der Waals surface area contributed by atoms with Gasteiger partial charge in [-0.1, -0.05) is 42.5 Å². The van der Waals surface area contributed by atoms with Crippen molar-refractivity contribution in [3.05, 3.63) is 106 Å². The van der Waals surface area contributed by atoms with Gasteiger partial charge in [-0.25, -0.2) is 9.79 Å². The highest BCUT2D eigenvalue weighted by molar-refractivity contribution is 6.12. The van der Waals surface area contributed by atoms with Crippen molar-refractivity contribution in [2.24, 2.45) is 4.99 Å². The lowest BCUT2D eigenvalue weighted by Gasteiger charge is -2.03. The maximum Gasteiger partial charge on any atom is 0.363 e. The molecule has 28 heavy (non-hydrogen) atoms. The number of carbonyl (C=O) groups excluding carboxylic acids is 1. The molecule has 0 atom stereocenters. The summed E-state index contributed by atoms with van der Waals surface area (Å²) in [5, 5.41) is 10.7. The molecule has 136 valence electrons. The molecule has 1 aliphatic rings. The Balaban J connectivity index is 1.57. The summed E-state index contributed by atoms with van der Waals surface area (Å²) in [6, 6.07) is 23.4. The Labute approximate surface area is 160 Å². The van der Waals surface area contributed by atoms with Gasteiger partial charge in [0.05, 0.1) is 4.92 Å². The largest absolute Gasteiger partial charge is 0.402 e. The SMILES string of the molecule is O=C1OC(c2ccc(-c3ccccc3)cc2)=N/C1=C/c1ccc([N+](=O)[O-])cc1. The molecule has 0 unspecified atom stereocenters. The monoisotopic (exact) mass is 370 g/mol. The van der Waals surface area contributed by atoms with Crippen LogP contribution in [-0.2, 0) is 9.53 Å². The van der Waals surface area contributed by atoms with Crippen LogP contribution in [0.3, 0.4) is 0 Å². The Morgan fingerprint density at radius 1 is 0.821 bits per heavy atom. The van der Waals surface area contributed by atoms with Crippen LogP contribution < -0.4 is 0 Å². The summed E-state index contributed by atoms with van der Waals surface area (Å²) < 4.78 is 5.27. The van der Waals surface area contributed by atoms with E-state index in [1.54, 1.807) is 12.1 Å². The zero-order valence-corrected chi connectivity index (χ0v) is 14.6. The summed E-state index contributed by atoms with van der Waals surface area (Å²) in [4.78, 5) is 26.6. The van der Waals surface area contributed by atoms with Gasteiger partial charge in [-0.05, 0) is 47.0 Å². The third-order valence-electron chi connectivity index (χ3n) is 4.27. The molecule has 3 aromatic rings. The number of rotatable bonds is 4. The van der Waals surface area contributed by atoms with Crippen LogP contribution in [0.5, 0.6) is 0 Å². The molecule has 0 radical (unpaired) electrons. The number of nitro benzene ring substituents is 1. The van der Waals surface area contributed by atoms with E-state index in [-0.39, 0.29) is 17.3 Å². The Hall–Kier alpha value is -4.06. The average Bonchev–Trinajstić information content (AvgIpc) is 3.09. The molecule has 1 aliphatic heterocycles. The van der Waals surface area contributed by atoms with Gasteiger partial charge in [0.25, 0.3) is 5.69 Å². The Bertz CT molecular complexity index is 1100. The Kier molecular flexibility index (Phi) is 4.51. The van der Waals surface area contributed by atoms with Crippen LogP contribution in [0.4, 0.5) is 5.69 Å². The fraction of sp³-hybridized carbons (Fsp3) is 0. The maximum absolute atomic E-state index is 12.1. The fourth-order valence-electron chi connectivity index (χ4n) is 2.82. The molecule has 0 saturated heterocycles. The van der Waals surface area contributed by atoms with Gasteiger partial charge < -0.3 is 4.74 Å². The molecular weight excluding hydrogens is 356 g/mol. The third kappa shape index (κ3) is 3.57. The minimum atomic E-state index is -0.555. The molecule has 0 saturated carbocycles. The standard InChI is InChI=1S/C22H14N2O4/c25-22-20(14-15-6-12-19(13-7-15)24(26)27)23-21(28-22)18-10-8-17(9-11-18)16-4-2-1-3-5-16/h1-14H/b20-14+. The number of benzene rings is 3. The summed E-state index contributed by atoms with van der Waals surface area (Å²) >= 11 is 0. The van der Waals surface area contributed by atoms with E-state index in [0.29, 0.717) is 11.1 Å². The molecular formula is C22H14N2O4. The second kappa shape index (κ2) is 7.28. The van der Waals surface area contributed by atoms with E-state index in [1.165, 1.54) is 18.2 Å². The average molecular weight is 370 g/mol. The molecule has 6 heteroatoms. The second-order valence-electron chi connectivity index (χ2n) is 6.13. The number of nitro groups is 1. The second-order valence-corrected chi connectivity index (χ2v) is 6.13. The minimum absolute atomic E-state index is 0.0150. The van der Waals surface area contributed by atoms with E-state index in [4.69, 9.17) is 4.74 Å². The highest BCUT2D eigenvalue weighted by atomic mass is 16.6. The molecule has 0 bridgehead atoms. The summed E-state index contributed by atoms with van der Waals surface area (Å²) in [5.41, 5.74) is 3.60. The lowest BCUT2D eigenvalue weighted by molar-refractivity contribution is -0.384. The van der Waals surface area contributed by atoms with Crippen LogP contribution in [0.2, 0.25) is 0 Å². The van der Waals surface area contributed by atoms with Crippen LogP contribution in [0.25, 0.3) is 17.2 Å². The van der Waals surface area contributed by atoms with E-state index in [2.05, 4.69) is 4.99 Å². The molecule has 6 nitrogen and oxygen atoms in total. The number of ether oxygens (including phenoxy) is 1. The first kappa shape index (κ1) is 17.4. The van der Waals surface area contributed by atoms with Crippen molar-refractivity contribution >= 4 is 23.6 Å². The zero-order valence-electron chi connectivity index (χ0n) is 14.6. The third-order valence-corrected chi connectivity index (χ3v) is 4.27. The highest BCUT2D eigenvalue weighted by Gasteiger charge is 2.24. The molecule has 1 heterocycles. The van der Waals surface area contributed by atoms with Gasteiger partial charge in [-0.3, -0.25) is 10.1 Å². The van der Waals surface area contributed by atoms with Gasteiger partial charge in [0.15, 0.2) is 5.70 Å². The van der Waals surface area contributed by atoms with Crippen molar-refractivity contribution in [3.8, 4) is 11.1 Å². The van der Waals surface area contributed by atoms with Crippen molar-refractivity contribution in [1.82, 2.24) is 0 Å². The highest BCUT2D eigenvalue weighted by Crippen LogP contribution is 2.23. The minimum Gasteiger partial charge on any atom is -0.402 e. The number of carbonyl (C=O) groups is 1. The van der Waals surface area contributed by atoms with Crippen molar-refractivity contribution in [3.63, 3.8) is 0 Å². The maximum atomic E-state index is 12.1. The van der Waals surface area contributed by atoms with Crippen LogP contribution in [0.1, 0.15) is 11.1 Å². The summed E-state index contributed by atoms with van der Waals surface area (Å²) in [6.45, 7) is 0. The molecule has 0 aromatic heterocycles. The lowest BCUT2D eigenvalue weighted by atomic mass is 10.0. The molecule has 0 fully saturated rings. The summed E-state index contributed by atoms with van der Waals surface area (Å²) in [5.74, 6) is -0.321. The van der Waals surface area contributed by atoms with Crippen molar-refractivity contribution in [2.75, 3.05) is 0 Å². The van der Waals surface area contributed by atoms with Gasteiger partial charge in [0.1, 0.15) is 0 Å². The number of hydrogen-bond donors (Lipinski definition) is 0. The van der Waals surface area contributed by atoms with Crippen molar-refractivity contribution in [2.45, 2.75) is 0 Å². The normalized spacial score (nSPS) is 14.6. The first-order chi connectivity index (χ1) is 13.6. The van der Waals surface area contributed by atoms with Crippen LogP contribution >= 0.6 is 0 Å². The molecule has 0 amide bonds. The number of aliphatic imine (C=N–C) groups is 1. The van der Waals surface area contributed by atoms with Crippen LogP contribution in [-0.4, -0.2) is 16.8 Å². The van der Waals surface area contributed by atoms with Crippen molar-refractivity contribution < 1.29 is 14.5 Å². The first-order valence-electron chi connectivity index (χ1n) is 8.53. The molecule has 0 aliphatic carbocycles. The van der Waals surface area contributed by atoms with E-state index in [9.17, 15) is 14.9 Å². The zero-order chi connectivity index (χ0) is 19.5. The smallest absolute Gasteiger partial charge is 0.363 e. The van der Waals surface area contributed by atoms with E-state index in [0.717, 1.165) is 11.1 Å². The van der Waals surface area contributed by atoms with E-state index >= 15 is 0 Å². The number of cyclic esters (lactones) is 1. The quantitative estimate of drug-likeness (QED) is 0.291. The number of nitrogens with zero attached hydrogens (tertiary/aromatic N) is 2. The first-order valence-corrected chi connectivity index (χ1v) is 8.53. The van der Waals surface area contributed by atoms with Gasteiger partial charge >= 0.3 is 5.97 Å². The predicted molar refractivity (Wildman–Crippen MR) is 106 cm³/mol. The molecule has 0 spiro atoms. The molecule has 4 rings (SSSR count). The summed E-state index contributed by atoms with van der Waals surface area (Å²) in [7, 11) is 0. The van der Waals surface area contributed by atoms with Crippen LogP contribution in [0, 0.1) is 10.1 Å². The number of non-ortho nitro benzene ring substituents is 1. The topological polar surface area (TPSA) is 81.8 Å². The van der Waals surface area contributed by atoms with E-state index < -0.39 is 10.9 Å². The molecule has 0 N–H and O–H groups in total. The lowest BCUT2D eigenvalue weighted by Crippen LogP contribution is -2.05. The molecule has 3 aromatic carbocycles. The number of hydrogen-bond acceptors (Lipinski definition) is 5. The predicted octanol–water partition coefficient (Wildman–Crippen LogP) is 4.61. The van der Waals surface area contributed by atoms with Gasteiger partial charge in [-0.2, -0.15) is 0 Å². The summed E-state index contributed by atoms with van der Waals surface area (Å²) in [6.07, 6.45) is 1.54. The Morgan fingerprint density at radius 2 is 1.43 bits per heavy atom. The van der Waals surface area contributed by atoms with Gasteiger partial charge in [0, 0.05) is 17.7 Å². The van der Waals surface area contributed by atoms with Crippen LogP contribution in [0.15, 0.2) is 89.6 Å². The Morgan fingerprint density at radius 3 is 2.07 bits per heavy atom. The fourth-order valence-corrected chi connectivity index (χ4v) is 2.82. The van der Waals surface area contributed by atoms with Gasteiger partial charge in [-0.15, -0.1) is 0 Å². The van der Waals surface area contributed by atoms with Gasteiger partial charge in [0.2, 0.25) is 5.90 Å².